The molecule has 1 fully saturated rings. The predicted molar refractivity (Wildman–Crippen MR) is 88.7 cm³/mol. The van der Waals surface area contributed by atoms with E-state index < -0.39 is 0 Å². The van der Waals surface area contributed by atoms with Crippen molar-refractivity contribution in [3.05, 3.63) is 36.5 Å². The maximum Gasteiger partial charge on any atom is 0.253 e. The highest BCUT2D eigenvalue weighted by Gasteiger charge is 2.25. The number of carbonyl (C=O) groups is 1. The van der Waals surface area contributed by atoms with E-state index in [2.05, 4.69) is 20.4 Å². The molecule has 2 heterocycles. The molecule has 7 nitrogen and oxygen atoms in total. The van der Waals surface area contributed by atoms with Crippen LogP contribution < -0.4 is 5.32 Å². The second-order valence-corrected chi connectivity index (χ2v) is 6.24. The SMILES string of the molecule is O=C(NC(CCO)C1CCCCC1)c1ccc(-n2cncn2)nc1. The van der Waals surface area contributed by atoms with Gasteiger partial charge in [0.1, 0.15) is 12.7 Å². The molecule has 2 aromatic rings. The summed E-state index contributed by atoms with van der Waals surface area (Å²) in [6.07, 6.45) is 11.1. The molecule has 128 valence electrons. The lowest BCUT2D eigenvalue weighted by Gasteiger charge is -2.30. The summed E-state index contributed by atoms with van der Waals surface area (Å²) in [6.45, 7) is 0.0882. The van der Waals surface area contributed by atoms with Crippen LogP contribution in [0.3, 0.4) is 0 Å². The molecule has 7 heteroatoms. The van der Waals surface area contributed by atoms with Crippen molar-refractivity contribution in [3.8, 4) is 5.82 Å². The molecule has 1 aliphatic rings. The summed E-state index contributed by atoms with van der Waals surface area (Å²) < 4.78 is 1.54. The standard InChI is InChI=1S/C17H23N5O2/c23-9-8-15(13-4-2-1-3-5-13)21-17(24)14-6-7-16(19-10-14)22-12-18-11-20-22/h6-7,10-13,15,23H,1-5,8-9H2,(H,21,24). The van der Waals surface area contributed by atoms with Crippen LogP contribution in [0.5, 0.6) is 0 Å². The topological polar surface area (TPSA) is 92.9 Å². The highest BCUT2D eigenvalue weighted by Crippen LogP contribution is 2.27. The molecule has 0 spiro atoms. The molecular formula is C17H23N5O2. The zero-order valence-corrected chi connectivity index (χ0v) is 13.6. The molecule has 1 unspecified atom stereocenters. The molecule has 1 aliphatic carbocycles. The first-order valence-corrected chi connectivity index (χ1v) is 8.50. The number of hydrogen-bond donors (Lipinski definition) is 2. The maximum atomic E-state index is 12.5. The molecule has 1 amide bonds. The monoisotopic (exact) mass is 329 g/mol. The van der Waals surface area contributed by atoms with E-state index in [1.54, 1.807) is 24.7 Å². The quantitative estimate of drug-likeness (QED) is 0.842. The van der Waals surface area contributed by atoms with Gasteiger partial charge in [-0.15, -0.1) is 0 Å². The number of amides is 1. The Bertz CT molecular complexity index is 636. The summed E-state index contributed by atoms with van der Waals surface area (Å²) in [5, 5.41) is 16.4. The fourth-order valence-electron chi connectivity index (χ4n) is 3.34. The Kier molecular flexibility index (Phi) is 5.53. The highest BCUT2D eigenvalue weighted by molar-refractivity contribution is 5.94. The van der Waals surface area contributed by atoms with Crippen molar-refractivity contribution in [3.63, 3.8) is 0 Å². The van der Waals surface area contributed by atoms with E-state index in [4.69, 9.17) is 0 Å². The summed E-state index contributed by atoms with van der Waals surface area (Å²) in [5.41, 5.74) is 0.512. The lowest BCUT2D eigenvalue weighted by atomic mass is 9.82. The Balaban J connectivity index is 1.65. The fourth-order valence-corrected chi connectivity index (χ4v) is 3.34. The van der Waals surface area contributed by atoms with Gasteiger partial charge in [0.15, 0.2) is 5.82 Å². The number of hydrogen-bond acceptors (Lipinski definition) is 5. The molecule has 0 bridgehead atoms. The van der Waals surface area contributed by atoms with Crippen LogP contribution in [0, 0.1) is 5.92 Å². The Morgan fingerprint density at radius 1 is 1.33 bits per heavy atom. The minimum Gasteiger partial charge on any atom is -0.396 e. The van der Waals surface area contributed by atoms with Crippen molar-refractivity contribution in [1.29, 1.82) is 0 Å². The molecule has 2 N–H and O–H groups in total. The number of nitrogens with one attached hydrogen (secondary N) is 1. The first kappa shape index (κ1) is 16.6. The molecule has 1 saturated carbocycles. The van der Waals surface area contributed by atoms with Crippen LogP contribution in [-0.2, 0) is 0 Å². The summed E-state index contributed by atoms with van der Waals surface area (Å²) in [5.74, 6) is 0.928. The zero-order chi connectivity index (χ0) is 16.8. The van der Waals surface area contributed by atoms with Gasteiger partial charge in [-0.1, -0.05) is 19.3 Å². The number of pyridine rings is 1. The summed E-state index contributed by atoms with van der Waals surface area (Å²) >= 11 is 0. The van der Waals surface area contributed by atoms with Gasteiger partial charge in [-0.25, -0.2) is 14.6 Å². The van der Waals surface area contributed by atoms with Crippen molar-refractivity contribution in [2.24, 2.45) is 5.92 Å². The van der Waals surface area contributed by atoms with Gasteiger partial charge in [0.25, 0.3) is 5.91 Å². The summed E-state index contributed by atoms with van der Waals surface area (Å²) in [7, 11) is 0. The van der Waals surface area contributed by atoms with Crippen LogP contribution in [0.25, 0.3) is 5.82 Å². The fraction of sp³-hybridized carbons (Fsp3) is 0.529. The van der Waals surface area contributed by atoms with E-state index in [1.165, 1.54) is 30.3 Å². The average Bonchev–Trinajstić information content (AvgIpc) is 3.17. The van der Waals surface area contributed by atoms with Gasteiger partial charge in [0, 0.05) is 18.8 Å². The van der Waals surface area contributed by atoms with Gasteiger partial charge < -0.3 is 10.4 Å². The average molecular weight is 329 g/mol. The molecule has 3 rings (SSSR count). The van der Waals surface area contributed by atoms with Gasteiger partial charge in [0.05, 0.1) is 5.56 Å². The molecule has 0 saturated heterocycles. The maximum absolute atomic E-state index is 12.5. The van der Waals surface area contributed by atoms with E-state index in [9.17, 15) is 9.90 Å². The van der Waals surface area contributed by atoms with Gasteiger partial charge in [-0.05, 0) is 37.3 Å². The van der Waals surface area contributed by atoms with Crippen LogP contribution in [0.1, 0.15) is 48.9 Å². The van der Waals surface area contributed by atoms with Crippen molar-refractivity contribution >= 4 is 5.91 Å². The second kappa shape index (κ2) is 8.01. The molecule has 0 aliphatic heterocycles. The Morgan fingerprint density at radius 3 is 2.79 bits per heavy atom. The Labute approximate surface area is 141 Å². The van der Waals surface area contributed by atoms with Gasteiger partial charge in [-0.2, -0.15) is 5.10 Å². The highest BCUT2D eigenvalue weighted by atomic mass is 16.3. The molecule has 0 aromatic carbocycles. The lowest BCUT2D eigenvalue weighted by molar-refractivity contribution is 0.0899. The lowest BCUT2D eigenvalue weighted by Crippen LogP contribution is -2.41. The molecular weight excluding hydrogens is 306 g/mol. The number of aliphatic hydroxyl groups excluding tert-OH is 1. The van der Waals surface area contributed by atoms with E-state index in [0.717, 1.165) is 12.8 Å². The minimum atomic E-state index is -0.142. The first-order chi connectivity index (χ1) is 11.8. The van der Waals surface area contributed by atoms with E-state index >= 15 is 0 Å². The van der Waals surface area contributed by atoms with Crippen molar-refractivity contribution < 1.29 is 9.90 Å². The third kappa shape index (κ3) is 3.97. The molecule has 2 aromatic heterocycles. The number of nitrogens with zero attached hydrogens (tertiary/aromatic N) is 4. The number of aliphatic hydroxyl groups is 1. The number of carbonyl (C=O) groups excluding carboxylic acids is 1. The van der Waals surface area contributed by atoms with Crippen molar-refractivity contribution in [1.82, 2.24) is 25.1 Å². The first-order valence-electron chi connectivity index (χ1n) is 8.50. The van der Waals surface area contributed by atoms with Crippen LogP contribution in [0.4, 0.5) is 0 Å². The third-order valence-electron chi connectivity index (χ3n) is 4.64. The second-order valence-electron chi connectivity index (χ2n) is 6.24. The molecule has 1 atom stereocenters. The smallest absolute Gasteiger partial charge is 0.253 e. The normalized spacial score (nSPS) is 16.7. The van der Waals surface area contributed by atoms with Gasteiger partial charge in [0.2, 0.25) is 0 Å². The van der Waals surface area contributed by atoms with Crippen LogP contribution in [0.15, 0.2) is 31.0 Å². The van der Waals surface area contributed by atoms with Gasteiger partial charge >= 0.3 is 0 Å². The van der Waals surface area contributed by atoms with Crippen LogP contribution >= 0.6 is 0 Å². The van der Waals surface area contributed by atoms with Crippen LogP contribution in [-0.4, -0.2) is 43.4 Å². The Morgan fingerprint density at radius 2 is 2.17 bits per heavy atom. The number of rotatable bonds is 6. The van der Waals surface area contributed by atoms with Crippen LogP contribution in [0.2, 0.25) is 0 Å². The minimum absolute atomic E-state index is 0.0257. The van der Waals surface area contributed by atoms with E-state index in [-0.39, 0.29) is 18.6 Å². The van der Waals surface area contributed by atoms with E-state index in [0.29, 0.717) is 23.7 Å². The Hall–Kier alpha value is -2.28. The number of aromatic nitrogens is 4. The van der Waals surface area contributed by atoms with Crippen molar-refractivity contribution in [2.75, 3.05) is 6.61 Å². The predicted octanol–water partition coefficient (Wildman–Crippen LogP) is 1.72. The summed E-state index contributed by atoms with van der Waals surface area (Å²) in [4.78, 5) is 20.6. The molecule has 0 radical (unpaired) electrons. The largest absolute Gasteiger partial charge is 0.396 e. The summed E-state index contributed by atoms with van der Waals surface area (Å²) in [6, 6.07) is 3.50. The van der Waals surface area contributed by atoms with Crippen molar-refractivity contribution in [2.45, 2.75) is 44.6 Å². The van der Waals surface area contributed by atoms with E-state index in [1.807, 2.05) is 0 Å². The zero-order valence-electron chi connectivity index (χ0n) is 13.6. The third-order valence-corrected chi connectivity index (χ3v) is 4.64. The molecule has 24 heavy (non-hydrogen) atoms. The van der Waals surface area contributed by atoms with Gasteiger partial charge in [-0.3, -0.25) is 4.79 Å².